The van der Waals surface area contributed by atoms with E-state index < -0.39 is 71.2 Å². The third-order valence-electron chi connectivity index (χ3n) is 11.6. The summed E-state index contributed by atoms with van der Waals surface area (Å²) in [6.45, 7) is 1.82. The number of nitrogens with one attached hydrogen (secondary N) is 6. The predicted molar refractivity (Wildman–Crippen MR) is 223 cm³/mol. The van der Waals surface area contributed by atoms with Gasteiger partial charge >= 0.3 is 12.0 Å². The molecule has 0 spiro atoms. The van der Waals surface area contributed by atoms with Gasteiger partial charge in [0.25, 0.3) is 5.56 Å². The van der Waals surface area contributed by atoms with Crippen LogP contribution in [0.4, 0.5) is 9.18 Å². The molecule has 2 aliphatic heterocycles. The highest BCUT2D eigenvalue weighted by molar-refractivity contribution is 5.94. The van der Waals surface area contributed by atoms with Gasteiger partial charge in [-0.2, -0.15) is 0 Å². The summed E-state index contributed by atoms with van der Waals surface area (Å²) in [5.41, 5.74) is 7.53. The maximum Gasteiger partial charge on any atom is 0.343 e. The van der Waals surface area contributed by atoms with E-state index in [1.165, 1.54) is 10.6 Å². The number of aliphatic hydroxyl groups is 1. The summed E-state index contributed by atoms with van der Waals surface area (Å²) in [4.78, 5) is 94.1. The Labute approximate surface area is 359 Å². The number of halogens is 1. The van der Waals surface area contributed by atoms with Crippen molar-refractivity contribution in [3.63, 3.8) is 0 Å². The van der Waals surface area contributed by atoms with Crippen LogP contribution >= 0.6 is 0 Å². The molecule has 1 aliphatic carbocycles. The second-order valence-electron chi connectivity index (χ2n) is 15.5. The van der Waals surface area contributed by atoms with Gasteiger partial charge in [0.05, 0.1) is 61.3 Å². The minimum Gasteiger partial charge on any atom is -0.458 e. The second-order valence-corrected chi connectivity index (χ2v) is 15.5. The molecule has 20 heteroatoms. The van der Waals surface area contributed by atoms with Crippen LogP contribution in [0.25, 0.3) is 22.3 Å². The first kappa shape index (κ1) is 44.3. The number of amides is 6. The quantitative estimate of drug-likeness (QED) is 0.0365. The number of fused-ring (bicyclic) bond motifs is 5. The normalized spacial score (nSPS) is 17.3. The van der Waals surface area contributed by atoms with Gasteiger partial charge in [-0.3, -0.25) is 24.0 Å². The fourth-order valence-electron chi connectivity index (χ4n) is 8.26. The van der Waals surface area contributed by atoms with Crippen molar-refractivity contribution >= 4 is 46.5 Å². The number of cyclic esters (lactones) is 1. The molecule has 332 valence electrons. The lowest BCUT2D eigenvalue weighted by molar-refractivity contribution is -0.172. The van der Waals surface area contributed by atoms with Gasteiger partial charge in [-0.1, -0.05) is 37.3 Å². The minimum absolute atomic E-state index is 0.00598. The zero-order valence-corrected chi connectivity index (χ0v) is 34.7. The van der Waals surface area contributed by atoms with Crippen molar-refractivity contribution in [2.75, 3.05) is 39.5 Å². The second kappa shape index (κ2) is 18.7. The van der Waals surface area contributed by atoms with Crippen LogP contribution < -0.4 is 43.2 Å². The summed E-state index contributed by atoms with van der Waals surface area (Å²) in [7, 11) is 0. The summed E-state index contributed by atoms with van der Waals surface area (Å²) >= 11 is 0. The van der Waals surface area contributed by atoms with Crippen molar-refractivity contribution in [1.82, 2.24) is 41.5 Å². The molecule has 0 saturated carbocycles. The molecule has 0 saturated heterocycles. The van der Waals surface area contributed by atoms with Gasteiger partial charge in [-0.15, -0.1) is 0 Å². The Balaban J connectivity index is 0.943. The van der Waals surface area contributed by atoms with Crippen LogP contribution in [0.5, 0.6) is 0 Å². The number of urea groups is 1. The van der Waals surface area contributed by atoms with Crippen molar-refractivity contribution in [2.24, 2.45) is 5.73 Å². The van der Waals surface area contributed by atoms with Crippen molar-refractivity contribution in [2.45, 2.75) is 70.4 Å². The highest BCUT2D eigenvalue weighted by atomic mass is 19.1. The van der Waals surface area contributed by atoms with E-state index in [1.54, 1.807) is 50.2 Å². The van der Waals surface area contributed by atoms with Crippen molar-refractivity contribution in [3.8, 4) is 11.4 Å². The predicted octanol–water partition coefficient (Wildman–Crippen LogP) is -0.177. The van der Waals surface area contributed by atoms with Crippen LogP contribution in [0.15, 0.2) is 47.3 Å². The molecule has 9 N–H and O–H groups in total. The SMILES string of the molecule is CC[C@@]1(O)C(=O)OCc2c1cc1n(c2=O)Cc2c-1nc1cc(F)c(C)c3c1c2[C@@H](NC(=O)NCCOCNC(=O)CNC(=O)[C@H](Cc1ccccc1)NC(=O)CNC(=O)CN)CC3. The molecule has 0 bridgehead atoms. The molecule has 0 radical (unpaired) electrons. The number of ether oxygens (including phenoxy) is 2. The molecule has 4 heterocycles. The molecule has 0 fully saturated rings. The van der Waals surface area contributed by atoms with Crippen molar-refractivity contribution in [1.29, 1.82) is 0 Å². The lowest BCUT2D eigenvalue weighted by Gasteiger charge is -2.31. The van der Waals surface area contributed by atoms with Gasteiger partial charge in [-0.25, -0.2) is 19.0 Å². The number of esters is 1. The monoisotopic (exact) mass is 869 g/mol. The zero-order chi connectivity index (χ0) is 45.0. The first-order valence-corrected chi connectivity index (χ1v) is 20.5. The number of nitrogens with two attached hydrogens (primary N) is 1. The fourth-order valence-corrected chi connectivity index (χ4v) is 8.26. The molecule has 3 atom stereocenters. The lowest BCUT2D eigenvalue weighted by Crippen LogP contribution is -2.52. The molecule has 4 aromatic rings. The largest absolute Gasteiger partial charge is 0.458 e. The molecule has 2 aromatic heterocycles. The van der Waals surface area contributed by atoms with Gasteiger partial charge < -0.3 is 56.8 Å². The Kier molecular flexibility index (Phi) is 13.1. The average molecular weight is 870 g/mol. The lowest BCUT2D eigenvalue weighted by atomic mass is 9.81. The smallest absolute Gasteiger partial charge is 0.343 e. The van der Waals surface area contributed by atoms with E-state index in [-0.39, 0.29) is 70.1 Å². The molecular weight excluding hydrogens is 822 g/mol. The first-order valence-electron chi connectivity index (χ1n) is 20.5. The number of nitrogens with zero attached hydrogens (tertiary/aromatic N) is 2. The first-order chi connectivity index (χ1) is 30.2. The number of aryl methyl sites for hydroxylation is 1. The molecule has 3 aliphatic rings. The van der Waals surface area contributed by atoms with Gasteiger partial charge in [0.1, 0.15) is 25.2 Å². The van der Waals surface area contributed by atoms with E-state index in [4.69, 9.17) is 20.2 Å². The molecule has 2 aromatic carbocycles. The summed E-state index contributed by atoms with van der Waals surface area (Å²) in [6.07, 6.45) is 0.963. The van der Waals surface area contributed by atoms with Gasteiger partial charge in [0.15, 0.2) is 5.60 Å². The van der Waals surface area contributed by atoms with E-state index in [9.17, 15) is 38.7 Å². The zero-order valence-electron chi connectivity index (χ0n) is 34.7. The third kappa shape index (κ3) is 9.09. The molecular formula is C43H48FN9O10. The van der Waals surface area contributed by atoms with E-state index >= 15 is 4.39 Å². The van der Waals surface area contributed by atoms with E-state index in [1.807, 2.05) is 0 Å². The summed E-state index contributed by atoms with van der Waals surface area (Å²) < 4.78 is 27.4. The molecule has 0 unspecified atom stereocenters. The maximum atomic E-state index is 15.3. The van der Waals surface area contributed by atoms with Gasteiger partial charge in [0.2, 0.25) is 23.6 Å². The third-order valence-corrected chi connectivity index (χ3v) is 11.6. The van der Waals surface area contributed by atoms with Crippen LogP contribution in [-0.4, -0.2) is 95.8 Å². The Hall–Kier alpha value is -6.77. The van der Waals surface area contributed by atoms with Crippen molar-refractivity contribution in [3.05, 3.63) is 97.6 Å². The van der Waals surface area contributed by atoms with Crippen LogP contribution in [0.1, 0.15) is 64.8 Å². The Morgan fingerprint density at radius 3 is 2.52 bits per heavy atom. The summed E-state index contributed by atoms with van der Waals surface area (Å²) in [5, 5.41) is 27.7. The molecule has 6 amide bonds. The molecule has 63 heavy (non-hydrogen) atoms. The number of hydrogen-bond donors (Lipinski definition) is 8. The van der Waals surface area contributed by atoms with Crippen LogP contribution in [0.2, 0.25) is 0 Å². The van der Waals surface area contributed by atoms with E-state index in [0.29, 0.717) is 51.8 Å². The Morgan fingerprint density at radius 2 is 1.78 bits per heavy atom. The summed E-state index contributed by atoms with van der Waals surface area (Å²) in [6, 6.07) is 9.70. The minimum atomic E-state index is -2.02. The van der Waals surface area contributed by atoms with E-state index in [2.05, 4.69) is 31.9 Å². The van der Waals surface area contributed by atoms with Crippen LogP contribution in [-0.2, 0) is 65.0 Å². The van der Waals surface area contributed by atoms with Crippen molar-refractivity contribution < 1.29 is 47.7 Å². The Bertz CT molecular complexity index is 2570. The van der Waals surface area contributed by atoms with Gasteiger partial charge in [-0.05, 0) is 54.5 Å². The number of aromatic nitrogens is 2. The molecule has 19 nitrogen and oxygen atoms in total. The number of carbonyl (C=O) groups excluding carboxylic acids is 6. The number of hydrogen-bond acceptors (Lipinski definition) is 12. The van der Waals surface area contributed by atoms with Crippen LogP contribution in [0.3, 0.4) is 0 Å². The average Bonchev–Trinajstić information content (AvgIpc) is 3.65. The van der Waals surface area contributed by atoms with Crippen LogP contribution in [0, 0.1) is 12.7 Å². The highest BCUT2D eigenvalue weighted by Gasteiger charge is 2.46. The highest BCUT2D eigenvalue weighted by Crippen LogP contribution is 2.46. The number of benzene rings is 2. The van der Waals surface area contributed by atoms with E-state index in [0.717, 1.165) is 11.1 Å². The standard InChI is InChI=1S/C43H48FN9O10/c1-3-43(61)27-14-32-38-25(19-53(32)40(58)26(27)20-63-41(43)59)37-29(10-9-24-22(2)28(44)15-30(51-38)36(24)37)52-42(60)46-11-12-62-21-49-34(55)17-48-39(57)31(13-23-7-5-4-6-8-23)50-35(56)18-47-33(54)16-45/h4-8,14-15,29,31,61H,3,9-13,16-21,45H2,1-2H3,(H,47,54)(H,48,57)(H,49,55)(H,50,56)(H2,46,52,60)/t29-,31-,43-/m0/s1. The maximum absolute atomic E-state index is 15.3. The number of pyridine rings is 2. The topological polar surface area (TPSA) is 274 Å². The number of rotatable bonds is 16. The molecule has 7 rings (SSSR count). The Morgan fingerprint density at radius 1 is 1.02 bits per heavy atom. The summed E-state index contributed by atoms with van der Waals surface area (Å²) in [5.74, 6) is -3.65. The van der Waals surface area contributed by atoms with Gasteiger partial charge in [0, 0.05) is 35.5 Å². The fraction of sp³-hybridized carbons (Fsp3) is 0.395. The number of carbonyl (C=O) groups is 6.